The van der Waals surface area contributed by atoms with Crippen molar-refractivity contribution in [2.45, 2.75) is 64.1 Å². The second-order valence-electron chi connectivity index (χ2n) is 7.58. The van der Waals surface area contributed by atoms with E-state index in [0.717, 1.165) is 12.0 Å². The normalized spacial score (nSPS) is 21.9. The third-order valence-corrected chi connectivity index (χ3v) is 5.18. The average molecular weight is 371 g/mol. The van der Waals surface area contributed by atoms with Gasteiger partial charge in [-0.1, -0.05) is 38.1 Å². The summed E-state index contributed by atoms with van der Waals surface area (Å²) in [5.41, 5.74) is 2.28. The zero-order valence-corrected chi connectivity index (χ0v) is 15.4. The topological polar surface area (TPSA) is 40.5 Å². The molecule has 1 fully saturated rings. The molecular weight excluding hydrogens is 343 g/mol. The summed E-state index contributed by atoms with van der Waals surface area (Å²) in [5, 5.41) is 9.08. The standard InChI is InChI=1S/C20H28F3NO2/c1-14(2)16-4-6-17(7-5-16)18-12-15(13-19(25)26)8-11-24(18)10-3-9-20(21,22)23/h4-7,14-15,18H,3,8-13H2,1-2H3,(H,25,26)/t15-,18+/m1/s1. The molecule has 146 valence electrons. The Morgan fingerprint density at radius 3 is 2.46 bits per heavy atom. The Labute approximate surface area is 153 Å². The smallest absolute Gasteiger partial charge is 0.389 e. The van der Waals surface area contributed by atoms with Gasteiger partial charge in [0.1, 0.15) is 0 Å². The van der Waals surface area contributed by atoms with Crippen molar-refractivity contribution >= 4 is 5.97 Å². The van der Waals surface area contributed by atoms with Gasteiger partial charge in [-0.15, -0.1) is 0 Å². The second kappa shape index (κ2) is 8.89. The molecule has 1 heterocycles. The number of likely N-dealkylation sites (tertiary alicyclic amines) is 1. The van der Waals surface area contributed by atoms with E-state index < -0.39 is 18.6 Å². The van der Waals surface area contributed by atoms with E-state index in [-0.39, 0.29) is 24.8 Å². The number of alkyl halides is 3. The quantitative estimate of drug-likeness (QED) is 0.699. The number of nitrogens with zero attached hydrogens (tertiary/aromatic N) is 1. The summed E-state index contributed by atoms with van der Waals surface area (Å²) in [6.07, 6.45) is -3.31. The maximum absolute atomic E-state index is 12.5. The van der Waals surface area contributed by atoms with E-state index >= 15 is 0 Å². The van der Waals surface area contributed by atoms with Crippen LogP contribution in [0.2, 0.25) is 0 Å². The molecule has 0 aliphatic carbocycles. The molecule has 0 spiro atoms. The molecule has 1 aliphatic rings. The van der Waals surface area contributed by atoms with Gasteiger partial charge in [0.05, 0.1) is 0 Å². The molecule has 1 saturated heterocycles. The molecule has 1 aromatic rings. The highest BCUT2D eigenvalue weighted by Gasteiger charge is 2.32. The Balaban J connectivity index is 2.10. The Bertz CT molecular complexity index is 584. The van der Waals surface area contributed by atoms with Crippen molar-refractivity contribution in [2.24, 2.45) is 5.92 Å². The summed E-state index contributed by atoms with van der Waals surface area (Å²) in [6.45, 7) is 5.26. The fourth-order valence-corrected chi connectivity index (χ4v) is 3.72. The van der Waals surface area contributed by atoms with E-state index in [1.165, 1.54) is 5.56 Å². The third kappa shape index (κ3) is 6.31. The number of piperidine rings is 1. The van der Waals surface area contributed by atoms with Gasteiger partial charge in [0.15, 0.2) is 0 Å². The van der Waals surface area contributed by atoms with Crippen molar-refractivity contribution in [3.8, 4) is 0 Å². The SMILES string of the molecule is CC(C)c1ccc([C@@H]2C[C@H](CC(=O)O)CCN2CCCC(F)(F)F)cc1. The first-order valence-electron chi connectivity index (χ1n) is 9.28. The average Bonchev–Trinajstić information content (AvgIpc) is 2.54. The van der Waals surface area contributed by atoms with Crippen molar-refractivity contribution in [1.29, 1.82) is 0 Å². The fraction of sp³-hybridized carbons (Fsp3) is 0.650. The Hall–Kier alpha value is -1.56. The minimum Gasteiger partial charge on any atom is -0.481 e. The van der Waals surface area contributed by atoms with Crippen molar-refractivity contribution < 1.29 is 23.1 Å². The summed E-state index contributed by atoms with van der Waals surface area (Å²) in [5.74, 6) is -0.325. The van der Waals surface area contributed by atoms with E-state index in [1.54, 1.807) is 0 Å². The molecule has 26 heavy (non-hydrogen) atoms. The van der Waals surface area contributed by atoms with E-state index in [9.17, 15) is 18.0 Å². The van der Waals surface area contributed by atoms with Crippen molar-refractivity contribution in [3.63, 3.8) is 0 Å². The van der Waals surface area contributed by atoms with Crippen LogP contribution >= 0.6 is 0 Å². The van der Waals surface area contributed by atoms with Crippen LogP contribution < -0.4 is 0 Å². The number of carbonyl (C=O) groups is 1. The first-order chi connectivity index (χ1) is 12.2. The number of carboxylic acid groups (broad SMARTS) is 1. The summed E-state index contributed by atoms with van der Waals surface area (Å²) in [7, 11) is 0. The van der Waals surface area contributed by atoms with Crippen LogP contribution in [-0.4, -0.2) is 35.2 Å². The van der Waals surface area contributed by atoms with Crippen LogP contribution in [0.25, 0.3) is 0 Å². The zero-order valence-electron chi connectivity index (χ0n) is 15.4. The highest BCUT2D eigenvalue weighted by atomic mass is 19.4. The van der Waals surface area contributed by atoms with Crippen LogP contribution in [0.4, 0.5) is 13.2 Å². The maximum atomic E-state index is 12.5. The predicted octanol–water partition coefficient (Wildman–Crippen LogP) is 5.38. The maximum Gasteiger partial charge on any atom is 0.389 e. The van der Waals surface area contributed by atoms with Crippen molar-refractivity contribution in [2.75, 3.05) is 13.1 Å². The molecule has 0 amide bonds. The number of benzene rings is 1. The van der Waals surface area contributed by atoms with E-state index in [2.05, 4.69) is 30.9 Å². The molecule has 0 saturated carbocycles. The number of halogens is 3. The third-order valence-electron chi connectivity index (χ3n) is 5.18. The fourth-order valence-electron chi connectivity index (χ4n) is 3.72. The predicted molar refractivity (Wildman–Crippen MR) is 95.1 cm³/mol. The molecule has 1 N–H and O–H groups in total. The minimum absolute atomic E-state index is 0.0115. The largest absolute Gasteiger partial charge is 0.481 e. The van der Waals surface area contributed by atoms with Crippen molar-refractivity contribution in [1.82, 2.24) is 4.90 Å². The molecule has 3 nitrogen and oxygen atoms in total. The molecule has 6 heteroatoms. The molecule has 2 atom stereocenters. The van der Waals surface area contributed by atoms with E-state index in [0.29, 0.717) is 25.4 Å². The molecule has 2 rings (SSSR count). The van der Waals surface area contributed by atoms with Gasteiger partial charge in [-0.2, -0.15) is 13.2 Å². The highest BCUT2D eigenvalue weighted by molar-refractivity contribution is 5.67. The lowest BCUT2D eigenvalue weighted by atomic mass is 9.84. The summed E-state index contributed by atoms with van der Waals surface area (Å²) in [4.78, 5) is 13.1. The Kier molecular flexibility index (Phi) is 7.09. The summed E-state index contributed by atoms with van der Waals surface area (Å²) in [6, 6.07) is 8.20. The number of carboxylic acids is 1. The van der Waals surface area contributed by atoms with E-state index in [4.69, 9.17) is 5.11 Å². The lowest BCUT2D eigenvalue weighted by Crippen LogP contribution is -2.38. The van der Waals surface area contributed by atoms with Crippen LogP contribution in [0.3, 0.4) is 0 Å². The minimum atomic E-state index is -4.13. The van der Waals surface area contributed by atoms with Crippen molar-refractivity contribution in [3.05, 3.63) is 35.4 Å². The lowest BCUT2D eigenvalue weighted by molar-refractivity contribution is -0.140. The molecule has 0 aromatic heterocycles. The summed E-state index contributed by atoms with van der Waals surface area (Å²) < 4.78 is 37.4. The molecule has 1 aromatic carbocycles. The monoisotopic (exact) mass is 371 g/mol. The van der Waals surface area contributed by atoms with Crippen LogP contribution in [0, 0.1) is 5.92 Å². The number of aliphatic carboxylic acids is 1. The number of rotatable bonds is 7. The summed E-state index contributed by atoms with van der Waals surface area (Å²) >= 11 is 0. The molecular formula is C20H28F3NO2. The lowest BCUT2D eigenvalue weighted by Gasteiger charge is -2.39. The Morgan fingerprint density at radius 2 is 1.92 bits per heavy atom. The first-order valence-corrected chi connectivity index (χ1v) is 9.28. The van der Waals surface area contributed by atoms with Crippen LogP contribution in [0.5, 0.6) is 0 Å². The van der Waals surface area contributed by atoms with E-state index in [1.807, 2.05) is 12.1 Å². The highest BCUT2D eigenvalue weighted by Crippen LogP contribution is 2.36. The number of hydrogen-bond acceptors (Lipinski definition) is 2. The first kappa shape index (κ1) is 20.7. The van der Waals surface area contributed by atoms with Crippen LogP contribution in [-0.2, 0) is 4.79 Å². The zero-order chi connectivity index (χ0) is 19.3. The van der Waals surface area contributed by atoms with Gasteiger partial charge < -0.3 is 5.11 Å². The number of hydrogen-bond donors (Lipinski definition) is 1. The molecule has 0 radical (unpaired) electrons. The second-order valence-corrected chi connectivity index (χ2v) is 7.58. The molecule has 0 bridgehead atoms. The Morgan fingerprint density at radius 1 is 1.27 bits per heavy atom. The van der Waals surface area contributed by atoms with Crippen LogP contribution in [0.15, 0.2) is 24.3 Å². The van der Waals surface area contributed by atoms with Gasteiger partial charge in [0.2, 0.25) is 0 Å². The van der Waals surface area contributed by atoms with Gasteiger partial charge >= 0.3 is 12.1 Å². The van der Waals surface area contributed by atoms with Crippen LogP contribution in [0.1, 0.15) is 69.0 Å². The van der Waals surface area contributed by atoms with Gasteiger partial charge in [-0.3, -0.25) is 9.69 Å². The van der Waals surface area contributed by atoms with Gasteiger partial charge in [0.25, 0.3) is 0 Å². The molecule has 0 unspecified atom stereocenters. The van der Waals surface area contributed by atoms with Gasteiger partial charge in [-0.25, -0.2) is 0 Å². The van der Waals surface area contributed by atoms with Gasteiger partial charge in [-0.05, 0) is 55.3 Å². The van der Waals surface area contributed by atoms with Gasteiger partial charge in [0, 0.05) is 18.9 Å². The molecule has 1 aliphatic heterocycles.